The Labute approximate surface area is 128 Å². The van der Waals surface area contributed by atoms with Crippen LogP contribution in [-0.4, -0.2) is 31.5 Å². The number of amides is 1. The summed E-state index contributed by atoms with van der Waals surface area (Å²) in [6, 6.07) is 4.99. The number of aromatic nitrogens is 4. The first-order valence-corrected chi connectivity index (χ1v) is 7.60. The van der Waals surface area contributed by atoms with E-state index in [9.17, 15) is 9.59 Å². The number of carbonyl (C=O) groups excluding carboxylic acids is 1. The Kier molecular flexibility index (Phi) is 4.32. The summed E-state index contributed by atoms with van der Waals surface area (Å²) in [5, 5.41) is 11.2. The Morgan fingerprint density at radius 1 is 1.27 bits per heavy atom. The highest BCUT2D eigenvalue weighted by molar-refractivity contribution is 5.75. The second-order valence-corrected chi connectivity index (χ2v) is 5.54. The van der Waals surface area contributed by atoms with Gasteiger partial charge in [0.05, 0.1) is 0 Å². The van der Waals surface area contributed by atoms with Crippen molar-refractivity contribution < 1.29 is 4.79 Å². The average molecular weight is 301 g/mol. The molecule has 1 fully saturated rings. The van der Waals surface area contributed by atoms with Crippen LogP contribution in [0.3, 0.4) is 0 Å². The number of carbonyl (C=O) groups is 1. The van der Waals surface area contributed by atoms with E-state index < -0.39 is 0 Å². The van der Waals surface area contributed by atoms with Crippen LogP contribution in [0.1, 0.15) is 32.1 Å². The van der Waals surface area contributed by atoms with Crippen LogP contribution in [0.4, 0.5) is 0 Å². The molecule has 0 atom stereocenters. The minimum absolute atomic E-state index is 0.0650. The molecule has 22 heavy (non-hydrogen) atoms. The molecule has 0 bridgehead atoms. The molecule has 7 nitrogen and oxygen atoms in total. The average Bonchev–Trinajstić information content (AvgIpc) is 3.05. The van der Waals surface area contributed by atoms with Crippen LogP contribution in [0, 0.1) is 0 Å². The molecule has 1 aliphatic carbocycles. The van der Waals surface area contributed by atoms with Gasteiger partial charge in [0.1, 0.15) is 6.54 Å². The highest BCUT2D eigenvalue weighted by Crippen LogP contribution is 2.17. The lowest BCUT2D eigenvalue weighted by Crippen LogP contribution is -2.40. The lowest BCUT2D eigenvalue weighted by Gasteiger charge is -2.22. The zero-order valence-electron chi connectivity index (χ0n) is 12.3. The second-order valence-electron chi connectivity index (χ2n) is 5.54. The Hall–Kier alpha value is -2.44. The van der Waals surface area contributed by atoms with E-state index in [4.69, 9.17) is 0 Å². The summed E-state index contributed by atoms with van der Waals surface area (Å²) in [4.78, 5) is 24.0. The molecule has 0 saturated heterocycles. The Balaban J connectivity index is 1.70. The van der Waals surface area contributed by atoms with Crippen molar-refractivity contribution in [1.29, 1.82) is 0 Å². The molecular formula is C15H19N5O2. The van der Waals surface area contributed by atoms with E-state index in [-0.39, 0.29) is 24.1 Å². The molecule has 1 N–H and O–H groups in total. The third-order valence-electron chi connectivity index (χ3n) is 3.86. The van der Waals surface area contributed by atoms with E-state index in [1.807, 2.05) is 0 Å². The molecule has 1 saturated carbocycles. The van der Waals surface area contributed by atoms with Crippen molar-refractivity contribution in [1.82, 2.24) is 24.9 Å². The van der Waals surface area contributed by atoms with Crippen molar-refractivity contribution in [3.63, 3.8) is 0 Å². The van der Waals surface area contributed by atoms with E-state index in [1.165, 1.54) is 17.2 Å². The standard InChI is InChI=1S/C15H19N5O2/c21-14(17-12-5-2-1-3-6-12)11-20-15(22)8-7-13(18-20)19-10-4-9-16-19/h4,7-10,12H,1-3,5-6,11H2,(H,17,21). The minimum Gasteiger partial charge on any atom is -0.352 e. The summed E-state index contributed by atoms with van der Waals surface area (Å²) in [7, 11) is 0. The molecule has 0 spiro atoms. The van der Waals surface area contributed by atoms with E-state index in [2.05, 4.69) is 15.5 Å². The second kappa shape index (κ2) is 6.55. The number of nitrogens with zero attached hydrogens (tertiary/aromatic N) is 4. The minimum atomic E-state index is -0.297. The number of nitrogens with one attached hydrogen (secondary N) is 1. The number of hydrogen-bond donors (Lipinski definition) is 1. The molecule has 0 radical (unpaired) electrons. The fraction of sp³-hybridized carbons (Fsp3) is 0.467. The van der Waals surface area contributed by atoms with Crippen LogP contribution in [-0.2, 0) is 11.3 Å². The van der Waals surface area contributed by atoms with E-state index >= 15 is 0 Å². The van der Waals surface area contributed by atoms with Gasteiger partial charge < -0.3 is 5.32 Å². The highest BCUT2D eigenvalue weighted by Gasteiger charge is 2.16. The summed E-state index contributed by atoms with van der Waals surface area (Å²) in [6.45, 7) is -0.0650. The summed E-state index contributed by atoms with van der Waals surface area (Å²) in [5.41, 5.74) is -0.297. The predicted molar refractivity (Wildman–Crippen MR) is 80.6 cm³/mol. The van der Waals surface area contributed by atoms with Gasteiger partial charge >= 0.3 is 0 Å². The van der Waals surface area contributed by atoms with Crippen molar-refractivity contribution in [2.75, 3.05) is 0 Å². The SMILES string of the molecule is O=C(Cn1nc(-n2cccn2)ccc1=O)NC1CCCCC1. The van der Waals surface area contributed by atoms with Gasteiger partial charge in [-0.3, -0.25) is 9.59 Å². The van der Waals surface area contributed by atoms with Gasteiger partial charge in [0.25, 0.3) is 5.56 Å². The van der Waals surface area contributed by atoms with Gasteiger partial charge in [-0.1, -0.05) is 19.3 Å². The van der Waals surface area contributed by atoms with Crippen molar-refractivity contribution in [3.05, 3.63) is 40.9 Å². The topological polar surface area (TPSA) is 81.8 Å². The molecule has 2 aromatic heterocycles. The number of hydrogen-bond acceptors (Lipinski definition) is 4. The first-order valence-electron chi connectivity index (χ1n) is 7.60. The fourth-order valence-electron chi connectivity index (χ4n) is 2.73. The van der Waals surface area contributed by atoms with Crippen LogP contribution < -0.4 is 10.9 Å². The van der Waals surface area contributed by atoms with Crippen LogP contribution in [0.2, 0.25) is 0 Å². The van der Waals surface area contributed by atoms with E-state index in [0.29, 0.717) is 5.82 Å². The van der Waals surface area contributed by atoms with Crippen LogP contribution in [0.25, 0.3) is 5.82 Å². The lowest BCUT2D eigenvalue weighted by molar-refractivity contribution is -0.122. The van der Waals surface area contributed by atoms with Crippen LogP contribution >= 0.6 is 0 Å². The summed E-state index contributed by atoms with van der Waals surface area (Å²) in [6.07, 6.45) is 8.93. The first-order chi connectivity index (χ1) is 10.7. The van der Waals surface area contributed by atoms with Crippen molar-refractivity contribution >= 4 is 5.91 Å². The zero-order valence-corrected chi connectivity index (χ0v) is 12.3. The maximum absolute atomic E-state index is 12.1. The van der Waals surface area contributed by atoms with Gasteiger partial charge in [0.2, 0.25) is 5.91 Å². The van der Waals surface area contributed by atoms with E-state index in [0.717, 1.165) is 25.7 Å². The molecular weight excluding hydrogens is 282 g/mol. The number of rotatable bonds is 4. The molecule has 7 heteroatoms. The predicted octanol–water partition coefficient (Wildman–Crippen LogP) is 0.878. The maximum atomic E-state index is 12.1. The molecule has 3 rings (SSSR count). The van der Waals surface area contributed by atoms with Gasteiger partial charge in [-0.25, -0.2) is 9.36 Å². The Bertz CT molecular complexity index is 686. The third-order valence-corrected chi connectivity index (χ3v) is 3.86. The summed E-state index contributed by atoms with van der Waals surface area (Å²) < 4.78 is 2.73. The monoisotopic (exact) mass is 301 g/mol. The smallest absolute Gasteiger partial charge is 0.267 e. The largest absolute Gasteiger partial charge is 0.352 e. The van der Waals surface area contributed by atoms with Crippen molar-refractivity contribution in [3.8, 4) is 5.82 Å². The van der Waals surface area contributed by atoms with Crippen LogP contribution in [0.5, 0.6) is 0 Å². The summed E-state index contributed by atoms with van der Waals surface area (Å²) >= 11 is 0. The Morgan fingerprint density at radius 3 is 2.82 bits per heavy atom. The highest BCUT2D eigenvalue weighted by atomic mass is 16.2. The molecule has 1 aliphatic rings. The molecule has 0 aromatic carbocycles. The van der Waals surface area contributed by atoms with Crippen LogP contribution in [0.15, 0.2) is 35.4 Å². The van der Waals surface area contributed by atoms with Gasteiger partial charge in [0, 0.05) is 24.5 Å². The third kappa shape index (κ3) is 3.41. The Morgan fingerprint density at radius 2 is 2.09 bits per heavy atom. The first kappa shape index (κ1) is 14.5. The van der Waals surface area contributed by atoms with Crippen molar-refractivity contribution in [2.45, 2.75) is 44.7 Å². The molecule has 116 valence electrons. The van der Waals surface area contributed by atoms with E-state index in [1.54, 1.807) is 29.2 Å². The van der Waals surface area contributed by atoms with Gasteiger partial charge in [0.15, 0.2) is 5.82 Å². The molecule has 2 heterocycles. The van der Waals surface area contributed by atoms with Gasteiger partial charge in [-0.2, -0.15) is 5.10 Å². The molecule has 0 unspecified atom stereocenters. The fourth-order valence-corrected chi connectivity index (χ4v) is 2.73. The van der Waals surface area contributed by atoms with Gasteiger partial charge in [-0.15, -0.1) is 5.10 Å². The van der Waals surface area contributed by atoms with Gasteiger partial charge in [-0.05, 0) is 25.0 Å². The molecule has 2 aromatic rings. The normalized spacial score (nSPS) is 15.6. The zero-order chi connectivity index (χ0) is 15.4. The lowest BCUT2D eigenvalue weighted by atomic mass is 9.95. The molecule has 0 aliphatic heterocycles. The quantitative estimate of drug-likeness (QED) is 0.909. The summed E-state index contributed by atoms with van der Waals surface area (Å²) in [5.74, 6) is 0.342. The molecule has 1 amide bonds. The van der Waals surface area contributed by atoms with Crippen molar-refractivity contribution in [2.24, 2.45) is 0 Å². The maximum Gasteiger partial charge on any atom is 0.267 e.